The highest BCUT2D eigenvalue weighted by molar-refractivity contribution is 7.92. The summed E-state index contributed by atoms with van der Waals surface area (Å²) in [5, 5.41) is 3.80. The molecule has 4 heterocycles. The molecule has 0 aliphatic carbocycles. The molecule has 0 spiro atoms. The summed E-state index contributed by atoms with van der Waals surface area (Å²) in [6, 6.07) is 19.4. The molecule has 0 unspecified atom stereocenters. The highest BCUT2D eigenvalue weighted by Gasteiger charge is 2.29. The van der Waals surface area contributed by atoms with Crippen LogP contribution in [0.15, 0.2) is 77.2 Å². The lowest BCUT2D eigenvalue weighted by molar-refractivity contribution is 0.0964. The van der Waals surface area contributed by atoms with E-state index < -0.39 is 35.0 Å². The van der Waals surface area contributed by atoms with Crippen LogP contribution in [0, 0.1) is 5.82 Å². The van der Waals surface area contributed by atoms with Gasteiger partial charge >= 0.3 is 0 Å². The maximum Gasteiger partial charge on any atom is 0.255 e. The summed E-state index contributed by atoms with van der Waals surface area (Å²) in [5.41, 5.74) is 10.5. The molecule has 0 saturated carbocycles. The van der Waals surface area contributed by atoms with Crippen LogP contribution in [0.2, 0.25) is 0 Å². The number of benzene rings is 3. The molecule has 1 amide bonds. The van der Waals surface area contributed by atoms with Gasteiger partial charge in [0.05, 0.1) is 41.0 Å². The number of carbonyl (C=O) groups is 1. The smallest absolute Gasteiger partial charge is 0.255 e. The number of fused-ring (bicyclic) bond motifs is 6. The van der Waals surface area contributed by atoms with Gasteiger partial charge in [-0.3, -0.25) is 9.10 Å². The molecule has 0 atom stereocenters. The SMILES string of the molecule is CNC(=O)c1c(-c2ccc(F)cc2)oc2cc(N(CCF)S(C)(=O)=O)c(-c3ccc4c(n3)-c3cc5c(N)cccc5n3CO4)cc12. The number of furan rings is 1. The van der Waals surface area contributed by atoms with Gasteiger partial charge in [0.25, 0.3) is 5.91 Å². The van der Waals surface area contributed by atoms with Crippen molar-refractivity contribution in [2.45, 2.75) is 6.73 Å². The van der Waals surface area contributed by atoms with Gasteiger partial charge in [0.15, 0.2) is 6.73 Å². The van der Waals surface area contributed by atoms with Crippen LogP contribution < -0.4 is 20.1 Å². The standard InChI is InChI=1S/C33H27F2N5O5S/c1-37-33(41)30-22-14-21(24-10-11-28-31(38-24)27-15-20-23(36)4-3-5-25(20)39(27)17-44-28)26(40(13-12-34)46(2,42)43)16-29(22)45-32(30)18-6-8-19(35)9-7-18/h3-11,14-16H,12-13,17,36H2,1-2H3,(H,37,41). The molecule has 0 fully saturated rings. The van der Waals surface area contributed by atoms with Gasteiger partial charge in [-0.05, 0) is 60.7 Å². The second-order valence-electron chi connectivity index (χ2n) is 10.8. The molecule has 0 saturated heterocycles. The van der Waals surface area contributed by atoms with E-state index in [2.05, 4.69) is 5.32 Å². The zero-order valence-corrected chi connectivity index (χ0v) is 25.5. The topological polar surface area (TPSA) is 133 Å². The Morgan fingerprint density at radius 2 is 1.87 bits per heavy atom. The van der Waals surface area contributed by atoms with E-state index in [1.807, 2.05) is 22.8 Å². The van der Waals surface area contributed by atoms with E-state index >= 15 is 0 Å². The van der Waals surface area contributed by atoms with Crippen LogP contribution in [-0.2, 0) is 16.8 Å². The molecule has 1 aliphatic heterocycles. The first-order valence-electron chi connectivity index (χ1n) is 14.2. The highest BCUT2D eigenvalue weighted by atomic mass is 32.2. The van der Waals surface area contributed by atoms with Crippen LogP contribution >= 0.6 is 0 Å². The first kappa shape index (κ1) is 29.3. The molecule has 10 nitrogen and oxygen atoms in total. The van der Waals surface area contributed by atoms with E-state index in [1.54, 1.807) is 24.3 Å². The minimum Gasteiger partial charge on any atom is -0.470 e. The van der Waals surface area contributed by atoms with E-state index in [0.717, 1.165) is 27.2 Å². The van der Waals surface area contributed by atoms with Gasteiger partial charge in [0.2, 0.25) is 10.0 Å². The van der Waals surface area contributed by atoms with Gasteiger partial charge < -0.3 is 24.8 Å². The zero-order valence-electron chi connectivity index (χ0n) is 24.7. The minimum absolute atomic E-state index is 0.101. The molecule has 7 rings (SSSR count). The quantitative estimate of drug-likeness (QED) is 0.206. The third-order valence-electron chi connectivity index (χ3n) is 8.03. The molecule has 3 N–H and O–H groups in total. The summed E-state index contributed by atoms with van der Waals surface area (Å²) >= 11 is 0. The Balaban J connectivity index is 1.51. The number of ether oxygens (including phenoxy) is 1. The lowest BCUT2D eigenvalue weighted by Gasteiger charge is -2.25. The maximum atomic E-state index is 13.8. The number of sulfonamides is 1. The first-order valence-corrected chi connectivity index (χ1v) is 16.1. The Kier molecular flexibility index (Phi) is 6.93. The molecule has 13 heteroatoms. The van der Waals surface area contributed by atoms with Crippen molar-refractivity contribution in [2.75, 3.05) is 36.6 Å². The number of nitrogens with two attached hydrogens (primary N) is 1. The van der Waals surface area contributed by atoms with Crippen molar-refractivity contribution in [3.05, 3.63) is 84.2 Å². The van der Waals surface area contributed by atoms with Gasteiger partial charge in [-0.25, -0.2) is 22.2 Å². The summed E-state index contributed by atoms with van der Waals surface area (Å²) in [4.78, 5) is 18.2. The van der Waals surface area contributed by atoms with Gasteiger partial charge in [0, 0.05) is 40.7 Å². The van der Waals surface area contributed by atoms with Crippen molar-refractivity contribution in [2.24, 2.45) is 0 Å². The van der Waals surface area contributed by atoms with E-state index in [4.69, 9.17) is 19.9 Å². The molecular formula is C33H27F2N5O5S. The Morgan fingerprint density at radius 3 is 2.59 bits per heavy atom. The largest absolute Gasteiger partial charge is 0.470 e. The molecule has 234 valence electrons. The van der Waals surface area contributed by atoms with Crippen molar-refractivity contribution < 1.29 is 31.1 Å². The van der Waals surface area contributed by atoms with Crippen molar-refractivity contribution in [3.63, 3.8) is 0 Å². The van der Waals surface area contributed by atoms with Crippen molar-refractivity contribution in [1.29, 1.82) is 0 Å². The Labute approximate surface area is 262 Å². The van der Waals surface area contributed by atoms with Crippen LogP contribution in [-0.4, -0.2) is 50.4 Å². The maximum absolute atomic E-state index is 13.8. The number of carbonyl (C=O) groups excluding carboxylic acids is 1. The van der Waals surface area contributed by atoms with Gasteiger partial charge in [-0.2, -0.15) is 0 Å². The Bertz CT molecular complexity index is 2300. The molecule has 6 aromatic rings. The number of alkyl halides is 1. The number of nitrogens with one attached hydrogen (secondary N) is 1. The highest BCUT2D eigenvalue weighted by Crippen LogP contribution is 2.44. The molecule has 3 aromatic carbocycles. The minimum atomic E-state index is -3.99. The zero-order chi connectivity index (χ0) is 32.3. The summed E-state index contributed by atoms with van der Waals surface area (Å²) < 4.78 is 68.7. The van der Waals surface area contributed by atoms with E-state index in [9.17, 15) is 22.0 Å². The Morgan fingerprint density at radius 1 is 1.09 bits per heavy atom. The van der Waals surface area contributed by atoms with E-state index in [-0.39, 0.29) is 29.3 Å². The number of halogens is 2. The van der Waals surface area contributed by atoms with Gasteiger partial charge in [-0.1, -0.05) is 6.07 Å². The molecule has 3 aromatic heterocycles. The number of amides is 1. The fourth-order valence-electron chi connectivity index (χ4n) is 5.91. The van der Waals surface area contributed by atoms with Crippen molar-refractivity contribution >= 4 is 49.2 Å². The monoisotopic (exact) mass is 643 g/mol. The van der Waals surface area contributed by atoms with Crippen LogP contribution in [0.5, 0.6) is 5.75 Å². The summed E-state index contributed by atoms with van der Waals surface area (Å²) in [6.07, 6.45) is 0.982. The predicted octanol–water partition coefficient (Wildman–Crippen LogP) is 5.95. The molecule has 0 radical (unpaired) electrons. The number of hydrogen-bond donors (Lipinski definition) is 2. The van der Waals surface area contributed by atoms with E-state index in [1.165, 1.54) is 37.4 Å². The number of hydrogen-bond acceptors (Lipinski definition) is 7. The predicted molar refractivity (Wildman–Crippen MR) is 172 cm³/mol. The second-order valence-corrected chi connectivity index (χ2v) is 12.7. The summed E-state index contributed by atoms with van der Waals surface area (Å²) in [7, 11) is -2.52. The fourth-order valence-corrected chi connectivity index (χ4v) is 6.82. The van der Waals surface area contributed by atoms with Crippen molar-refractivity contribution in [1.82, 2.24) is 14.9 Å². The third-order valence-corrected chi connectivity index (χ3v) is 9.21. The summed E-state index contributed by atoms with van der Waals surface area (Å²) in [6.45, 7) is -1.19. The van der Waals surface area contributed by atoms with Gasteiger partial charge in [0.1, 0.15) is 35.3 Å². The van der Waals surface area contributed by atoms with Gasteiger partial charge in [-0.15, -0.1) is 0 Å². The molecule has 0 bridgehead atoms. The van der Waals surface area contributed by atoms with Crippen LogP contribution in [0.25, 0.3) is 55.8 Å². The van der Waals surface area contributed by atoms with E-state index in [0.29, 0.717) is 39.3 Å². The number of pyridine rings is 1. The number of nitrogen functional groups attached to an aromatic ring is 1. The summed E-state index contributed by atoms with van der Waals surface area (Å²) in [5.74, 6) is -0.278. The van der Waals surface area contributed by atoms with Crippen LogP contribution in [0.3, 0.4) is 0 Å². The van der Waals surface area contributed by atoms with Crippen molar-refractivity contribution in [3.8, 4) is 39.7 Å². The van der Waals surface area contributed by atoms with Crippen LogP contribution in [0.4, 0.5) is 20.2 Å². The normalized spacial score (nSPS) is 12.5. The number of rotatable bonds is 7. The van der Waals surface area contributed by atoms with Crippen LogP contribution in [0.1, 0.15) is 10.4 Å². The number of aromatic nitrogens is 2. The first-order chi connectivity index (χ1) is 22.1. The Hall–Kier alpha value is -5.43. The molecule has 46 heavy (non-hydrogen) atoms. The number of nitrogens with zero attached hydrogens (tertiary/aromatic N) is 3. The number of anilines is 2. The average molecular weight is 644 g/mol. The molecular weight excluding hydrogens is 616 g/mol. The lowest BCUT2D eigenvalue weighted by atomic mass is 10.00. The lowest BCUT2D eigenvalue weighted by Crippen LogP contribution is -2.32. The molecule has 1 aliphatic rings. The second kappa shape index (κ2) is 10.9. The average Bonchev–Trinajstić information content (AvgIpc) is 3.62. The fraction of sp³-hybridized carbons (Fsp3) is 0.152. The third kappa shape index (κ3) is 4.70.